The Morgan fingerprint density at radius 1 is 1.00 bits per heavy atom. The van der Waals surface area contributed by atoms with Gasteiger partial charge in [0.25, 0.3) is 0 Å². The Balaban J connectivity index is 3.66. The first kappa shape index (κ1) is 16.4. The highest BCUT2D eigenvalue weighted by atomic mass is 15.7. The SMILES string of the molecule is CN(N)CCCN(C)/N=N/N(C)CCCN=[N+]=[N-]. The van der Waals surface area contributed by atoms with Gasteiger partial charge < -0.3 is 0 Å². The molecule has 0 atom stereocenters. The number of hydrazine groups is 1. The summed E-state index contributed by atoms with van der Waals surface area (Å²) in [6.45, 7) is 2.82. The van der Waals surface area contributed by atoms with Crippen molar-refractivity contribution in [3.8, 4) is 0 Å². The molecule has 0 fully saturated rings. The van der Waals surface area contributed by atoms with Gasteiger partial charge in [-0.15, -0.1) is 0 Å². The van der Waals surface area contributed by atoms with E-state index in [1.165, 1.54) is 0 Å². The Morgan fingerprint density at radius 3 is 2.06 bits per heavy atom. The molecule has 0 radical (unpaired) electrons. The number of rotatable bonds is 10. The van der Waals surface area contributed by atoms with Gasteiger partial charge in [-0.1, -0.05) is 15.6 Å². The van der Waals surface area contributed by atoms with Gasteiger partial charge in [0, 0.05) is 52.2 Å². The van der Waals surface area contributed by atoms with Crippen LogP contribution in [0.25, 0.3) is 10.4 Å². The van der Waals surface area contributed by atoms with E-state index in [0.717, 1.165) is 25.9 Å². The summed E-state index contributed by atoms with van der Waals surface area (Å²) >= 11 is 0. The maximum Gasteiger partial charge on any atom is 0.0387 e. The van der Waals surface area contributed by atoms with Crippen molar-refractivity contribution in [1.82, 2.24) is 15.0 Å². The zero-order chi connectivity index (χ0) is 13.8. The van der Waals surface area contributed by atoms with Crippen molar-refractivity contribution in [3.63, 3.8) is 0 Å². The van der Waals surface area contributed by atoms with Crippen LogP contribution in [0.5, 0.6) is 0 Å². The van der Waals surface area contributed by atoms with Crippen LogP contribution in [0.2, 0.25) is 0 Å². The third-order valence-corrected chi connectivity index (χ3v) is 2.14. The molecule has 104 valence electrons. The molecule has 0 saturated heterocycles. The predicted molar refractivity (Wildman–Crippen MR) is 70.2 cm³/mol. The van der Waals surface area contributed by atoms with E-state index < -0.39 is 0 Å². The molecule has 0 aliphatic carbocycles. The van der Waals surface area contributed by atoms with Crippen LogP contribution < -0.4 is 5.84 Å². The summed E-state index contributed by atoms with van der Waals surface area (Å²) in [4.78, 5) is 2.68. The highest BCUT2D eigenvalue weighted by Crippen LogP contribution is 1.94. The maximum atomic E-state index is 8.11. The van der Waals surface area contributed by atoms with Crippen molar-refractivity contribution in [2.75, 3.05) is 47.3 Å². The molecule has 18 heavy (non-hydrogen) atoms. The van der Waals surface area contributed by atoms with Crippen LogP contribution in [0.3, 0.4) is 0 Å². The van der Waals surface area contributed by atoms with Gasteiger partial charge in [-0.25, -0.2) is 0 Å². The molecule has 2 N–H and O–H groups in total. The lowest BCUT2D eigenvalue weighted by atomic mass is 10.4. The standard InChI is InChI=1S/C9H23N9/c1-16(11)7-5-9-18(3)15-14-17(2)8-4-6-12-13-10/h4-9,11H2,1-3H3/b15-14+. The van der Waals surface area contributed by atoms with Crippen molar-refractivity contribution >= 4 is 0 Å². The molecule has 0 unspecified atom stereocenters. The largest absolute Gasteiger partial charge is 0.280 e. The van der Waals surface area contributed by atoms with Crippen LogP contribution in [-0.4, -0.2) is 62.3 Å². The smallest absolute Gasteiger partial charge is 0.0387 e. The molecule has 0 aliphatic rings. The highest BCUT2D eigenvalue weighted by Gasteiger charge is 1.97. The zero-order valence-corrected chi connectivity index (χ0v) is 11.4. The Kier molecular flexibility index (Phi) is 9.65. The molecule has 0 aliphatic heterocycles. The van der Waals surface area contributed by atoms with Gasteiger partial charge in [0.2, 0.25) is 0 Å². The number of nitrogens with zero attached hydrogens (tertiary/aromatic N) is 8. The van der Waals surface area contributed by atoms with Gasteiger partial charge in [0.05, 0.1) is 0 Å². The summed E-state index contributed by atoms with van der Waals surface area (Å²) in [6.07, 6.45) is 1.70. The van der Waals surface area contributed by atoms with Crippen LogP contribution in [0.4, 0.5) is 0 Å². The maximum absolute atomic E-state index is 8.11. The van der Waals surface area contributed by atoms with Crippen LogP contribution in [0, 0.1) is 0 Å². The molecule has 0 bridgehead atoms. The Hall–Kier alpha value is -1.57. The quantitative estimate of drug-likeness (QED) is 0.157. The monoisotopic (exact) mass is 257 g/mol. The van der Waals surface area contributed by atoms with E-state index >= 15 is 0 Å². The fourth-order valence-electron chi connectivity index (χ4n) is 1.19. The van der Waals surface area contributed by atoms with Crippen LogP contribution in [-0.2, 0) is 0 Å². The summed E-state index contributed by atoms with van der Waals surface area (Å²) in [5.41, 5.74) is 8.11. The first-order valence-corrected chi connectivity index (χ1v) is 5.86. The van der Waals surface area contributed by atoms with Crippen molar-refractivity contribution in [2.45, 2.75) is 12.8 Å². The van der Waals surface area contributed by atoms with Gasteiger partial charge in [-0.05, 0) is 18.4 Å². The van der Waals surface area contributed by atoms with E-state index in [1.807, 2.05) is 21.1 Å². The summed E-state index contributed by atoms with van der Waals surface area (Å²) in [5, 5.41) is 16.7. The van der Waals surface area contributed by atoms with Crippen LogP contribution >= 0.6 is 0 Å². The Morgan fingerprint density at radius 2 is 1.56 bits per heavy atom. The van der Waals surface area contributed by atoms with E-state index in [1.54, 1.807) is 15.0 Å². The van der Waals surface area contributed by atoms with Crippen molar-refractivity contribution in [3.05, 3.63) is 10.4 Å². The number of hydrogen-bond donors (Lipinski definition) is 1. The van der Waals surface area contributed by atoms with Gasteiger partial charge in [-0.3, -0.25) is 20.9 Å². The van der Waals surface area contributed by atoms with Crippen LogP contribution in [0.15, 0.2) is 15.6 Å². The number of hydrogen-bond acceptors (Lipinski definition) is 5. The molecular formula is C9H23N9. The van der Waals surface area contributed by atoms with Gasteiger partial charge >= 0.3 is 0 Å². The lowest BCUT2D eigenvalue weighted by Gasteiger charge is -2.15. The van der Waals surface area contributed by atoms with E-state index in [2.05, 4.69) is 20.5 Å². The predicted octanol–water partition coefficient (Wildman–Crippen LogP) is 1.03. The molecule has 0 aromatic rings. The second kappa shape index (κ2) is 10.6. The first-order chi connectivity index (χ1) is 8.56. The fraction of sp³-hybridized carbons (Fsp3) is 1.00. The Labute approximate surface area is 108 Å². The molecule has 0 aromatic heterocycles. The fourth-order valence-corrected chi connectivity index (χ4v) is 1.19. The zero-order valence-electron chi connectivity index (χ0n) is 11.4. The average molecular weight is 257 g/mol. The van der Waals surface area contributed by atoms with E-state index in [4.69, 9.17) is 11.4 Å². The van der Waals surface area contributed by atoms with E-state index in [0.29, 0.717) is 13.1 Å². The lowest BCUT2D eigenvalue weighted by Crippen LogP contribution is -2.29. The molecule has 9 nitrogen and oxygen atoms in total. The minimum Gasteiger partial charge on any atom is -0.280 e. The molecule has 0 rings (SSSR count). The second-order valence-corrected chi connectivity index (χ2v) is 4.08. The molecule has 0 amide bonds. The molecule has 9 heteroatoms. The molecule has 0 saturated carbocycles. The van der Waals surface area contributed by atoms with Crippen molar-refractivity contribution < 1.29 is 0 Å². The summed E-state index contributed by atoms with van der Waals surface area (Å²) in [5.74, 6) is 5.50. The minimum atomic E-state index is 0.481. The van der Waals surface area contributed by atoms with E-state index in [9.17, 15) is 0 Å². The van der Waals surface area contributed by atoms with Gasteiger partial charge in [-0.2, -0.15) is 0 Å². The lowest BCUT2D eigenvalue weighted by molar-refractivity contribution is 0.235. The molecule has 0 spiro atoms. The summed E-state index contributed by atoms with van der Waals surface area (Å²) < 4.78 is 0. The number of nitrogens with two attached hydrogens (primary N) is 1. The van der Waals surface area contributed by atoms with Gasteiger partial charge in [0.1, 0.15) is 0 Å². The average Bonchev–Trinajstić information content (AvgIpc) is 2.31. The normalized spacial score (nSPS) is 10.7. The third kappa shape index (κ3) is 10.9. The summed E-state index contributed by atoms with van der Waals surface area (Å²) in [7, 11) is 5.54. The van der Waals surface area contributed by atoms with E-state index in [-0.39, 0.29) is 0 Å². The molecule has 0 heterocycles. The Bertz CT molecular complexity index is 271. The highest BCUT2D eigenvalue weighted by molar-refractivity contribution is 4.50. The number of azide groups is 1. The van der Waals surface area contributed by atoms with Crippen LogP contribution in [0.1, 0.15) is 12.8 Å². The minimum absolute atomic E-state index is 0.481. The molecule has 0 aromatic carbocycles. The first-order valence-electron chi connectivity index (χ1n) is 5.86. The molecular weight excluding hydrogens is 234 g/mol. The third-order valence-electron chi connectivity index (χ3n) is 2.14. The van der Waals surface area contributed by atoms with Gasteiger partial charge in [0.15, 0.2) is 0 Å². The topological polar surface area (TPSA) is 109 Å². The van der Waals surface area contributed by atoms with Crippen molar-refractivity contribution in [2.24, 2.45) is 21.4 Å². The summed E-state index contributed by atoms with van der Waals surface area (Å²) in [6, 6.07) is 0. The van der Waals surface area contributed by atoms with Crippen molar-refractivity contribution in [1.29, 1.82) is 0 Å². The second-order valence-electron chi connectivity index (χ2n) is 4.08.